The molecule has 2 atom stereocenters. The summed E-state index contributed by atoms with van der Waals surface area (Å²) >= 11 is 0. The van der Waals surface area contributed by atoms with E-state index >= 15 is 0 Å². The van der Waals surface area contributed by atoms with Gasteiger partial charge in [-0.15, -0.1) is 0 Å². The Labute approximate surface area is 43.4 Å². The number of nitrogens with two attached hydrogens (primary N) is 1. The Kier molecular flexibility index (Phi) is 2.52. The highest BCUT2D eigenvalue weighted by Gasteiger charge is 2.01. The van der Waals surface area contributed by atoms with Crippen molar-refractivity contribution in [2.24, 2.45) is 10.8 Å². The smallest absolute Gasteiger partial charge is 0.0825 e. The molecule has 0 aromatic rings. The first-order valence-corrected chi connectivity index (χ1v) is 2.30. The zero-order valence-electron chi connectivity index (χ0n) is 4.68. The molecule has 0 aliphatic rings. The van der Waals surface area contributed by atoms with Crippen LogP contribution in [-0.4, -0.2) is 12.1 Å². The normalized spacial score (nSPS) is 18.1. The molecule has 0 fully saturated rings. The molecule has 0 heterocycles. The fraction of sp³-hybridized carbons (Fsp3) is 1.00. The van der Waals surface area contributed by atoms with Gasteiger partial charge < -0.3 is 5.73 Å². The van der Waals surface area contributed by atoms with Gasteiger partial charge in [0, 0.05) is 6.04 Å². The summed E-state index contributed by atoms with van der Waals surface area (Å²) in [6.45, 7) is 3.65. The third kappa shape index (κ3) is 2.28. The highest BCUT2D eigenvalue weighted by molar-refractivity contribution is 4.65. The second kappa shape index (κ2) is 2.69. The summed E-state index contributed by atoms with van der Waals surface area (Å²) in [6.07, 6.45) is 0. The van der Waals surface area contributed by atoms with Gasteiger partial charge in [0.2, 0.25) is 0 Å². The number of hydrogen-bond acceptors (Lipinski definition) is 3. The molecule has 0 aromatic heterocycles. The Morgan fingerprint density at radius 1 is 1.57 bits per heavy atom. The van der Waals surface area contributed by atoms with Crippen LogP contribution in [0.3, 0.4) is 0 Å². The van der Waals surface area contributed by atoms with Crippen molar-refractivity contribution >= 4 is 0 Å². The van der Waals surface area contributed by atoms with E-state index in [-0.39, 0.29) is 12.1 Å². The van der Waals surface area contributed by atoms with Gasteiger partial charge in [0.15, 0.2) is 0 Å². The second-order valence-corrected chi connectivity index (χ2v) is 1.73. The largest absolute Gasteiger partial charge is 0.326 e. The van der Waals surface area contributed by atoms with Crippen molar-refractivity contribution < 1.29 is 0 Å². The molecule has 0 unspecified atom stereocenters. The van der Waals surface area contributed by atoms with E-state index < -0.39 is 0 Å². The quantitative estimate of drug-likeness (QED) is 0.495. The van der Waals surface area contributed by atoms with Crippen LogP contribution >= 0.6 is 0 Å². The number of hydrogen-bond donors (Lipinski definition) is 2. The summed E-state index contributed by atoms with van der Waals surface area (Å²) in [5.74, 6) is 0. The molecular formula is C4H11N3. The van der Waals surface area contributed by atoms with E-state index in [2.05, 4.69) is 5.11 Å². The van der Waals surface area contributed by atoms with Crippen LogP contribution in [0.15, 0.2) is 5.11 Å². The molecule has 0 rings (SSSR count). The Bertz CT molecular complexity index is 60.0. The summed E-state index contributed by atoms with van der Waals surface area (Å²) in [5, 5.41) is 3.21. The molecule has 0 aliphatic heterocycles. The number of nitrogens with one attached hydrogen (secondary N) is 1. The Hall–Kier alpha value is -0.440. The van der Waals surface area contributed by atoms with E-state index in [1.165, 1.54) is 0 Å². The van der Waals surface area contributed by atoms with Crippen LogP contribution in [0.1, 0.15) is 13.8 Å². The summed E-state index contributed by atoms with van der Waals surface area (Å²) in [7, 11) is 0. The molecule has 7 heavy (non-hydrogen) atoms. The van der Waals surface area contributed by atoms with Gasteiger partial charge in [0.25, 0.3) is 0 Å². The van der Waals surface area contributed by atoms with E-state index in [0.29, 0.717) is 0 Å². The first-order valence-electron chi connectivity index (χ1n) is 2.30. The van der Waals surface area contributed by atoms with E-state index in [4.69, 9.17) is 11.3 Å². The van der Waals surface area contributed by atoms with E-state index in [0.717, 1.165) is 0 Å². The van der Waals surface area contributed by atoms with Gasteiger partial charge in [-0.05, 0) is 13.8 Å². The molecule has 0 spiro atoms. The molecule has 0 radical (unpaired) electrons. The molecule has 0 aliphatic carbocycles. The van der Waals surface area contributed by atoms with Crippen LogP contribution in [0.2, 0.25) is 0 Å². The predicted octanol–water partition coefficient (Wildman–Crippen LogP) is 0.753. The SMILES string of the molecule is C[C@@H](N)[C@@H](C)N=N. The second-order valence-electron chi connectivity index (χ2n) is 1.73. The predicted molar refractivity (Wildman–Crippen MR) is 28.3 cm³/mol. The number of nitrogens with zero attached hydrogens (tertiary/aromatic N) is 1. The van der Waals surface area contributed by atoms with Crippen LogP contribution in [0, 0.1) is 5.53 Å². The van der Waals surface area contributed by atoms with Gasteiger partial charge in [0.05, 0.1) is 6.04 Å². The first kappa shape index (κ1) is 6.56. The van der Waals surface area contributed by atoms with E-state index in [1.54, 1.807) is 0 Å². The van der Waals surface area contributed by atoms with Crippen LogP contribution in [-0.2, 0) is 0 Å². The van der Waals surface area contributed by atoms with Gasteiger partial charge in [0.1, 0.15) is 0 Å². The maximum Gasteiger partial charge on any atom is 0.0825 e. The highest BCUT2D eigenvalue weighted by Crippen LogP contribution is 1.90. The van der Waals surface area contributed by atoms with Gasteiger partial charge in [-0.3, -0.25) is 0 Å². The first-order chi connectivity index (χ1) is 3.18. The average molecular weight is 101 g/mol. The van der Waals surface area contributed by atoms with Crippen LogP contribution in [0.5, 0.6) is 0 Å². The maximum atomic E-state index is 6.48. The molecule has 0 aromatic carbocycles. The molecule has 42 valence electrons. The zero-order valence-corrected chi connectivity index (χ0v) is 4.68. The Morgan fingerprint density at radius 3 is 2.00 bits per heavy atom. The van der Waals surface area contributed by atoms with E-state index in [9.17, 15) is 0 Å². The van der Waals surface area contributed by atoms with Crippen molar-refractivity contribution in [2.45, 2.75) is 25.9 Å². The minimum atomic E-state index is -0.0278. The van der Waals surface area contributed by atoms with Crippen molar-refractivity contribution in [1.82, 2.24) is 0 Å². The molecule has 0 saturated carbocycles. The van der Waals surface area contributed by atoms with Crippen molar-refractivity contribution in [2.75, 3.05) is 0 Å². The molecule has 0 bridgehead atoms. The van der Waals surface area contributed by atoms with Crippen molar-refractivity contribution in [3.63, 3.8) is 0 Å². The molecule has 0 saturated heterocycles. The number of rotatable bonds is 2. The third-order valence-electron chi connectivity index (χ3n) is 0.965. The standard InChI is InChI=1S/C4H11N3/c1-3(5)4(2)7-6/h3-4,6H,5H2,1-2H3/t3-,4-/m1/s1. The summed E-state index contributed by atoms with van der Waals surface area (Å²) in [4.78, 5) is 0. The topological polar surface area (TPSA) is 62.2 Å². The Morgan fingerprint density at radius 2 is 2.00 bits per heavy atom. The van der Waals surface area contributed by atoms with Gasteiger partial charge in [-0.2, -0.15) is 5.11 Å². The monoisotopic (exact) mass is 101 g/mol. The minimum absolute atomic E-state index is 0.0116. The maximum absolute atomic E-state index is 6.48. The van der Waals surface area contributed by atoms with Crippen LogP contribution in [0.25, 0.3) is 0 Å². The zero-order chi connectivity index (χ0) is 5.86. The molecule has 3 N–H and O–H groups in total. The van der Waals surface area contributed by atoms with E-state index in [1.807, 2.05) is 13.8 Å². The lowest BCUT2D eigenvalue weighted by molar-refractivity contribution is 0.570. The lowest BCUT2D eigenvalue weighted by atomic mass is 10.2. The summed E-state index contributed by atoms with van der Waals surface area (Å²) in [6, 6.07) is -0.0162. The molecule has 3 nitrogen and oxygen atoms in total. The third-order valence-corrected chi connectivity index (χ3v) is 0.965. The fourth-order valence-corrected chi connectivity index (χ4v) is 0.118. The van der Waals surface area contributed by atoms with Crippen LogP contribution < -0.4 is 5.73 Å². The van der Waals surface area contributed by atoms with Crippen molar-refractivity contribution in [3.8, 4) is 0 Å². The van der Waals surface area contributed by atoms with Crippen molar-refractivity contribution in [3.05, 3.63) is 0 Å². The van der Waals surface area contributed by atoms with Gasteiger partial charge in [-0.25, -0.2) is 5.53 Å². The summed E-state index contributed by atoms with van der Waals surface area (Å²) in [5.41, 5.74) is 11.8. The van der Waals surface area contributed by atoms with Gasteiger partial charge in [-0.1, -0.05) is 0 Å². The fourth-order valence-electron chi connectivity index (χ4n) is 0.118. The Balaban J connectivity index is 3.33. The minimum Gasteiger partial charge on any atom is -0.326 e. The summed E-state index contributed by atoms with van der Waals surface area (Å²) < 4.78 is 0. The lowest BCUT2D eigenvalue weighted by Gasteiger charge is -2.05. The van der Waals surface area contributed by atoms with Crippen LogP contribution in [0.4, 0.5) is 0 Å². The highest BCUT2D eigenvalue weighted by atomic mass is 15.0. The molecular weight excluding hydrogens is 90.1 g/mol. The van der Waals surface area contributed by atoms with Gasteiger partial charge >= 0.3 is 0 Å². The lowest BCUT2D eigenvalue weighted by Crippen LogP contribution is -2.26. The average Bonchev–Trinajstić information content (AvgIpc) is 1.65. The van der Waals surface area contributed by atoms with Crippen molar-refractivity contribution in [1.29, 1.82) is 5.53 Å². The molecule has 0 amide bonds. The molecule has 3 heteroatoms.